The zero-order valence-corrected chi connectivity index (χ0v) is 13.5. The molecule has 0 amide bonds. The molecular formula is C7H16Cl4Si2. The van der Waals surface area contributed by atoms with E-state index in [4.69, 9.17) is 46.4 Å². The second kappa shape index (κ2) is 10.1. The molecule has 0 atom stereocenters. The van der Waals surface area contributed by atoms with Gasteiger partial charge in [0.1, 0.15) is 9.67 Å². The third kappa shape index (κ3) is 13.6. The highest BCUT2D eigenvalue weighted by Crippen LogP contribution is 2.11. The van der Waals surface area contributed by atoms with Gasteiger partial charge < -0.3 is 0 Å². The first-order valence-electron chi connectivity index (χ1n) is 4.69. The summed E-state index contributed by atoms with van der Waals surface area (Å²) in [6, 6.07) is 2.58. The molecule has 0 saturated heterocycles. The smallest absolute Gasteiger partial charge is 0.105 e. The molecule has 0 aliphatic heterocycles. The Morgan fingerprint density at radius 2 is 1.15 bits per heavy atom. The zero-order valence-electron chi connectivity index (χ0n) is 7.62. The van der Waals surface area contributed by atoms with E-state index in [0.717, 1.165) is 12.8 Å². The van der Waals surface area contributed by atoms with Crippen LogP contribution in [0.5, 0.6) is 0 Å². The Morgan fingerprint density at radius 1 is 0.769 bits per heavy atom. The number of alkyl halides is 4. The maximum atomic E-state index is 5.62. The van der Waals surface area contributed by atoms with Gasteiger partial charge >= 0.3 is 0 Å². The summed E-state index contributed by atoms with van der Waals surface area (Å²) in [5.74, 6) is 0. The van der Waals surface area contributed by atoms with Crippen molar-refractivity contribution in [1.82, 2.24) is 0 Å². The van der Waals surface area contributed by atoms with E-state index in [0.29, 0.717) is 0 Å². The van der Waals surface area contributed by atoms with E-state index in [1.807, 2.05) is 0 Å². The van der Waals surface area contributed by atoms with Crippen LogP contribution in [0.25, 0.3) is 0 Å². The Hall–Kier alpha value is 1.59. The number of rotatable bonds is 8. The lowest BCUT2D eigenvalue weighted by atomic mass is 10.6. The normalized spacial score (nSPS) is 13.4. The molecule has 13 heavy (non-hydrogen) atoms. The minimum atomic E-state index is -0.149. The lowest BCUT2D eigenvalue weighted by molar-refractivity contribution is 1.02. The van der Waals surface area contributed by atoms with Crippen molar-refractivity contribution in [2.75, 3.05) is 0 Å². The van der Waals surface area contributed by atoms with Crippen molar-refractivity contribution in [3.05, 3.63) is 0 Å². The maximum absolute atomic E-state index is 5.62. The SMILES string of the molecule is ClC(Cl)CC[SiH2]C[SiH2]CCC(Cl)Cl. The first-order chi connectivity index (χ1) is 6.13. The van der Waals surface area contributed by atoms with Crippen LogP contribution >= 0.6 is 46.4 Å². The Bertz CT molecular complexity index is 98.7. The molecule has 0 heterocycles. The summed E-state index contributed by atoms with van der Waals surface area (Å²) in [5, 5.41) is 0. The third-order valence-electron chi connectivity index (χ3n) is 1.84. The molecule has 0 aromatic rings. The predicted molar refractivity (Wildman–Crippen MR) is 71.7 cm³/mol. The Morgan fingerprint density at radius 3 is 1.46 bits per heavy atom. The van der Waals surface area contributed by atoms with Gasteiger partial charge in [-0.05, 0) is 12.8 Å². The van der Waals surface area contributed by atoms with Crippen molar-refractivity contribution >= 4 is 65.4 Å². The van der Waals surface area contributed by atoms with Gasteiger partial charge in [-0.25, -0.2) is 0 Å². The van der Waals surface area contributed by atoms with Crippen molar-refractivity contribution < 1.29 is 0 Å². The van der Waals surface area contributed by atoms with Crippen LogP contribution in [-0.2, 0) is 0 Å². The third-order valence-corrected chi connectivity index (χ3v) is 8.53. The molecule has 0 aliphatic carbocycles. The van der Waals surface area contributed by atoms with E-state index < -0.39 is 0 Å². The summed E-state index contributed by atoms with van der Waals surface area (Å²) in [6.07, 6.45) is 1.97. The molecule has 0 aromatic carbocycles. The number of hydrogen-bond donors (Lipinski definition) is 0. The molecule has 0 unspecified atom stereocenters. The number of halogens is 4. The van der Waals surface area contributed by atoms with Crippen LogP contribution in [0, 0.1) is 0 Å². The predicted octanol–water partition coefficient (Wildman–Crippen LogP) is 2.92. The van der Waals surface area contributed by atoms with Crippen LogP contribution in [0.2, 0.25) is 17.8 Å². The highest BCUT2D eigenvalue weighted by Gasteiger charge is 2.00. The summed E-state index contributed by atoms with van der Waals surface area (Å²) < 4.78 is 0. The van der Waals surface area contributed by atoms with Gasteiger partial charge in [0, 0.05) is 19.0 Å². The molecule has 0 radical (unpaired) electrons. The summed E-state index contributed by atoms with van der Waals surface area (Å²) >= 11 is 22.5. The highest BCUT2D eigenvalue weighted by atomic mass is 35.5. The monoisotopic (exact) mass is 296 g/mol. The minimum Gasteiger partial charge on any atom is -0.105 e. The van der Waals surface area contributed by atoms with Gasteiger partial charge in [0.2, 0.25) is 0 Å². The quantitative estimate of drug-likeness (QED) is 0.367. The van der Waals surface area contributed by atoms with Crippen LogP contribution < -0.4 is 0 Å². The van der Waals surface area contributed by atoms with Crippen LogP contribution in [0.4, 0.5) is 0 Å². The molecule has 0 bridgehead atoms. The standard InChI is InChI=1S/C7H16Cl4Si2/c8-6(9)1-3-12-5-13-4-2-7(10)11/h6-7H,1-5,12-13H2. The van der Waals surface area contributed by atoms with Gasteiger partial charge in [-0.1, -0.05) is 17.8 Å². The molecule has 0 aromatic heterocycles. The molecule has 0 fully saturated rings. The van der Waals surface area contributed by atoms with E-state index in [2.05, 4.69) is 0 Å². The fourth-order valence-electron chi connectivity index (χ4n) is 1.13. The fourth-order valence-corrected chi connectivity index (χ4v) is 8.42. The van der Waals surface area contributed by atoms with E-state index in [-0.39, 0.29) is 28.7 Å². The van der Waals surface area contributed by atoms with Crippen molar-refractivity contribution in [2.24, 2.45) is 0 Å². The molecule has 6 heteroatoms. The molecule has 0 N–H and O–H groups in total. The van der Waals surface area contributed by atoms with E-state index in [1.54, 1.807) is 0 Å². The molecule has 0 saturated carbocycles. The van der Waals surface area contributed by atoms with E-state index in [1.165, 1.54) is 17.8 Å². The molecule has 0 aliphatic rings. The van der Waals surface area contributed by atoms with Gasteiger partial charge in [-0.2, -0.15) is 0 Å². The average Bonchev–Trinajstić information content (AvgIpc) is 2.01. The summed E-state index contributed by atoms with van der Waals surface area (Å²) in [7, 11) is 0.261. The van der Waals surface area contributed by atoms with Gasteiger partial charge in [-0.3, -0.25) is 0 Å². The van der Waals surface area contributed by atoms with E-state index in [9.17, 15) is 0 Å². The van der Waals surface area contributed by atoms with Gasteiger partial charge in [0.25, 0.3) is 0 Å². The van der Waals surface area contributed by atoms with Crippen LogP contribution in [0.15, 0.2) is 0 Å². The minimum absolute atomic E-state index is 0.130. The van der Waals surface area contributed by atoms with Crippen molar-refractivity contribution in [3.8, 4) is 0 Å². The summed E-state index contributed by atoms with van der Waals surface area (Å²) in [6.45, 7) is 0. The van der Waals surface area contributed by atoms with Crippen molar-refractivity contribution in [1.29, 1.82) is 0 Å². The topological polar surface area (TPSA) is 0 Å². The van der Waals surface area contributed by atoms with Gasteiger partial charge in [0.05, 0.1) is 0 Å². The van der Waals surface area contributed by atoms with Crippen LogP contribution in [0.3, 0.4) is 0 Å². The summed E-state index contributed by atoms with van der Waals surface area (Å²) in [4.78, 5) is -0.298. The largest absolute Gasteiger partial charge is 0.107 e. The van der Waals surface area contributed by atoms with Gasteiger partial charge in [0.15, 0.2) is 0 Å². The van der Waals surface area contributed by atoms with Gasteiger partial charge in [-0.15, -0.1) is 46.4 Å². The first-order valence-corrected chi connectivity index (χ1v) is 10.4. The maximum Gasteiger partial charge on any atom is 0.107 e. The molecule has 0 nitrogen and oxygen atoms in total. The Labute approximate surface area is 105 Å². The second-order valence-electron chi connectivity index (χ2n) is 3.13. The summed E-state index contributed by atoms with van der Waals surface area (Å²) in [5.41, 5.74) is 1.50. The highest BCUT2D eigenvalue weighted by molar-refractivity contribution is 6.56. The average molecular weight is 298 g/mol. The Balaban J connectivity index is 2.92. The van der Waals surface area contributed by atoms with E-state index >= 15 is 0 Å². The lowest BCUT2D eigenvalue weighted by Gasteiger charge is -2.01. The second-order valence-corrected chi connectivity index (χ2v) is 11.3. The van der Waals surface area contributed by atoms with Crippen molar-refractivity contribution in [3.63, 3.8) is 0 Å². The van der Waals surface area contributed by atoms with Crippen LogP contribution in [0.1, 0.15) is 12.8 Å². The molecule has 0 rings (SSSR count). The molecular weight excluding hydrogens is 282 g/mol. The van der Waals surface area contributed by atoms with Crippen LogP contribution in [-0.4, -0.2) is 28.7 Å². The molecule has 0 spiro atoms. The van der Waals surface area contributed by atoms with Crippen molar-refractivity contribution in [2.45, 2.75) is 40.3 Å². The lowest BCUT2D eigenvalue weighted by Crippen LogP contribution is -2.00. The Kier molecular flexibility index (Phi) is 11.4. The fraction of sp³-hybridized carbons (Fsp3) is 1.00. The molecule has 80 valence electrons. The first kappa shape index (κ1) is 14.6. The zero-order chi connectivity index (χ0) is 10.1. The number of hydrogen-bond acceptors (Lipinski definition) is 0.